The van der Waals surface area contributed by atoms with E-state index in [0.29, 0.717) is 92.5 Å². The second kappa shape index (κ2) is 66.5. The molecule has 0 fully saturated rings. The maximum Gasteiger partial charge on any atom is 0.161 e. The van der Waals surface area contributed by atoms with E-state index in [4.69, 9.17) is 66.3 Å². The zero-order valence-corrected chi connectivity index (χ0v) is 91.4. The van der Waals surface area contributed by atoms with Gasteiger partial charge in [-0.3, -0.25) is 9.36 Å². The third kappa shape index (κ3) is 36.9. The third-order valence-electron chi connectivity index (χ3n) is 27.9. The number of hydrogen-bond acceptors (Lipinski definition) is 18. The number of fused-ring (bicyclic) bond motifs is 12. The molecular weight excluding hydrogens is 1820 g/mol. The lowest BCUT2D eigenvalue weighted by atomic mass is 9.93. The first-order valence-electron chi connectivity index (χ1n) is 58.0. The molecule has 20 nitrogen and oxygen atoms in total. The largest absolute Gasteiger partial charge is 0.490 e. The molecule has 0 spiro atoms. The molecule has 0 aliphatic rings. The number of unbranched alkanes of at least 4 members (excludes halogenated alkanes) is 36. The molecule has 0 aliphatic carbocycles. The van der Waals surface area contributed by atoms with Crippen molar-refractivity contribution in [3.63, 3.8) is 0 Å². The Kier molecular flexibility index (Phi) is 51.9. The lowest BCUT2D eigenvalue weighted by Gasteiger charge is -2.21. The van der Waals surface area contributed by atoms with E-state index in [1.165, 1.54) is 116 Å². The second-order valence-corrected chi connectivity index (χ2v) is 40.3. The summed E-state index contributed by atoms with van der Waals surface area (Å²) < 4.78 is 98.0. The van der Waals surface area contributed by atoms with Crippen molar-refractivity contribution in [3.05, 3.63) is 145 Å². The molecule has 0 amide bonds. The zero-order valence-electron chi connectivity index (χ0n) is 91.4. The Hall–Kier alpha value is -10.8. The SMILES string of the molecule is CCCCCCOc1cc2c3cc(OCCCCCC)c(OCCCCCC)cc3c3cc(OCCCCCCn4cc(COc5ccc(-c6ccc(OCc7cn(CCCCCCOc8cc9c%10cc(OCCCCCC)c(OCCCCCC)cc%10c%10cc(OCCCCCC)c(OCCCCCC)cc%10c9cc8OCCCCCC)nn7)cc6)cc5)nn4)c(OCCCCCC)cc3c2cc1OCCCCCC. The Morgan fingerprint density at radius 1 is 0.171 bits per heavy atom. The maximum absolute atomic E-state index is 6.91. The van der Waals surface area contributed by atoms with Crippen molar-refractivity contribution in [1.82, 2.24) is 30.0 Å². The summed E-state index contributed by atoms with van der Waals surface area (Å²) in [5.74, 6) is 10.8. The Morgan fingerprint density at radius 2 is 0.322 bits per heavy atom. The normalized spacial score (nSPS) is 11.6. The zero-order chi connectivity index (χ0) is 102. The molecule has 0 atom stereocenters. The van der Waals surface area contributed by atoms with Crippen LogP contribution in [0.3, 0.4) is 0 Å². The molecule has 2 aromatic heterocycles. The van der Waals surface area contributed by atoms with E-state index < -0.39 is 0 Å². The minimum atomic E-state index is 0.316. The number of ether oxygens (including phenoxy) is 14. The van der Waals surface area contributed by atoms with Crippen LogP contribution in [0.15, 0.2) is 134 Å². The molecule has 0 N–H and O–H groups in total. The lowest BCUT2D eigenvalue weighted by molar-refractivity contribution is 0.259. The van der Waals surface area contributed by atoms with Gasteiger partial charge in [-0.25, -0.2) is 0 Å². The predicted octanol–water partition coefficient (Wildman–Crippen LogP) is 35.5. The lowest BCUT2D eigenvalue weighted by Crippen LogP contribution is -2.05. The van der Waals surface area contributed by atoms with Crippen molar-refractivity contribution < 1.29 is 66.3 Å². The molecule has 2 heterocycles. The molecule has 20 heteroatoms. The summed E-state index contributed by atoms with van der Waals surface area (Å²) in [6, 6.07) is 43.1. The Morgan fingerprint density at radius 3 is 0.479 bits per heavy atom. The van der Waals surface area contributed by atoms with Gasteiger partial charge in [0.15, 0.2) is 69.0 Å². The highest BCUT2D eigenvalue weighted by Gasteiger charge is 2.26. The van der Waals surface area contributed by atoms with Crippen LogP contribution in [0.25, 0.3) is 75.8 Å². The molecule has 0 aliphatic heterocycles. The fourth-order valence-electron chi connectivity index (χ4n) is 19.1. The highest BCUT2D eigenvalue weighted by atomic mass is 16.5. The van der Waals surface area contributed by atoms with E-state index in [1.807, 2.05) is 46.0 Å². The maximum atomic E-state index is 6.91. The predicted molar refractivity (Wildman–Crippen MR) is 603 cm³/mol. The number of nitrogens with zero attached hydrogens (tertiary/aromatic N) is 6. The van der Waals surface area contributed by atoms with E-state index in [2.05, 4.69) is 187 Å². The molecule has 0 bridgehead atoms. The third-order valence-corrected chi connectivity index (χ3v) is 27.9. The molecular formula is C126H180N6O14. The topological polar surface area (TPSA) is 191 Å². The number of aromatic nitrogens is 6. The average Bonchev–Trinajstić information content (AvgIpc) is 0.935. The van der Waals surface area contributed by atoms with E-state index in [1.54, 1.807) is 0 Å². The number of benzene rings is 10. The highest BCUT2D eigenvalue weighted by molar-refractivity contribution is 6.28. The summed E-state index contributed by atoms with van der Waals surface area (Å²) in [4.78, 5) is 0. The quantitative estimate of drug-likeness (QED) is 0.0258. The van der Waals surface area contributed by atoms with Gasteiger partial charge < -0.3 is 66.3 Å². The Labute approximate surface area is 875 Å². The van der Waals surface area contributed by atoms with Crippen LogP contribution in [0, 0.1) is 0 Å². The van der Waals surface area contributed by atoms with Crippen molar-refractivity contribution in [3.8, 4) is 91.6 Å². The van der Waals surface area contributed by atoms with Gasteiger partial charge in [0.05, 0.1) is 91.7 Å². The molecule has 0 saturated carbocycles. The Bertz CT molecular complexity index is 5250. The molecule has 0 saturated heterocycles. The van der Waals surface area contributed by atoms with Gasteiger partial charge in [-0.15, -0.1) is 10.2 Å². The van der Waals surface area contributed by atoms with Crippen molar-refractivity contribution in [2.75, 3.05) is 79.3 Å². The summed E-state index contributed by atoms with van der Waals surface area (Å²) in [6.45, 7) is 32.0. The van der Waals surface area contributed by atoms with Gasteiger partial charge in [0, 0.05) is 13.1 Å². The van der Waals surface area contributed by atoms with Crippen LogP contribution in [-0.2, 0) is 26.3 Å². The van der Waals surface area contributed by atoms with Crippen LogP contribution in [-0.4, -0.2) is 109 Å². The summed E-state index contributed by atoms with van der Waals surface area (Å²) in [7, 11) is 0. The Balaban J connectivity index is 0.628. The minimum Gasteiger partial charge on any atom is -0.490 e. The van der Waals surface area contributed by atoms with Crippen molar-refractivity contribution >= 4 is 64.6 Å². The van der Waals surface area contributed by atoms with Gasteiger partial charge in [0.25, 0.3) is 0 Å². The number of hydrogen-bond donors (Lipinski definition) is 0. The van der Waals surface area contributed by atoms with Crippen LogP contribution in [0.4, 0.5) is 0 Å². The van der Waals surface area contributed by atoms with Gasteiger partial charge in [0.2, 0.25) is 0 Å². The van der Waals surface area contributed by atoms with Gasteiger partial charge in [-0.1, -0.05) is 309 Å². The summed E-state index contributed by atoms with van der Waals surface area (Å²) >= 11 is 0. The molecule has 0 radical (unpaired) electrons. The van der Waals surface area contributed by atoms with Crippen LogP contribution >= 0.6 is 0 Å². The molecule has 798 valence electrons. The van der Waals surface area contributed by atoms with E-state index in [0.717, 1.165) is 373 Å². The van der Waals surface area contributed by atoms with Gasteiger partial charge in [-0.05, 0) is 276 Å². The second-order valence-electron chi connectivity index (χ2n) is 40.3. The molecule has 12 aromatic rings. The fraction of sp³-hybridized carbons (Fsp3) is 0.587. The highest BCUT2D eigenvalue weighted by Crippen LogP contribution is 2.51. The smallest absolute Gasteiger partial charge is 0.161 e. The summed E-state index contributed by atoms with van der Waals surface area (Å²) in [5.41, 5.74) is 3.71. The summed E-state index contributed by atoms with van der Waals surface area (Å²) in [5, 5.41) is 30.9. The standard InChI is InChI=1S/C126H180N6O14/c1-11-21-31-47-69-133-115-81-103-105-83-117(135-71-49-33-23-13-3)121(139-75-53-37-27-17-7)87-109(105)113-91-125(123(141-77-55-39-29-19-9)89-111(113)107(103)85-119(115)137-73-51-35-25-15-5)143-79-57-43-41-45-67-131-93-99(127-129-131)95-145-101-63-59-97(60-64-101)98-61-65-102(66-62-98)146-96-100-94-132(130-128-100)68-46-42-44-58-80-144-126-92-114-110-88-122(140-76-54-38-28-18-8)118(136-72-50-34-24-14-4)84-106(110)104-82-116(134-70-48-32-22-12-2)120(138-74-52-36-26-16-6)86-108(104)112(114)90-124(126)142-78-56-40-30-20-10/h59-66,81-94H,11-58,67-80,95-96H2,1-10H3. The van der Waals surface area contributed by atoms with E-state index >= 15 is 0 Å². The van der Waals surface area contributed by atoms with Crippen molar-refractivity contribution in [2.24, 2.45) is 0 Å². The van der Waals surface area contributed by atoms with Crippen molar-refractivity contribution in [2.45, 2.75) is 404 Å². The molecule has 146 heavy (non-hydrogen) atoms. The van der Waals surface area contributed by atoms with Gasteiger partial charge >= 0.3 is 0 Å². The molecule has 10 aromatic carbocycles. The van der Waals surface area contributed by atoms with E-state index in [-0.39, 0.29) is 0 Å². The van der Waals surface area contributed by atoms with Gasteiger partial charge in [-0.2, -0.15) is 0 Å². The number of rotatable bonds is 83. The van der Waals surface area contributed by atoms with Crippen LogP contribution in [0.5, 0.6) is 80.5 Å². The minimum absolute atomic E-state index is 0.316. The monoisotopic (exact) mass is 2000 g/mol. The van der Waals surface area contributed by atoms with Gasteiger partial charge in [0.1, 0.15) is 36.1 Å². The summed E-state index contributed by atoms with van der Waals surface area (Å²) in [6.07, 6.45) is 56.4. The first kappa shape index (κ1) is 114. The average molecular weight is 2000 g/mol. The van der Waals surface area contributed by atoms with Crippen molar-refractivity contribution in [1.29, 1.82) is 0 Å². The number of aryl methyl sites for hydroxylation is 2. The van der Waals surface area contributed by atoms with Crippen LogP contribution < -0.4 is 66.3 Å². The first-order valence-corrected chi connectivity index (χ1v) is 58.0. The first-order chi connectivity index (χ1) is 72.1. The van der Waals surface area contributed by atoms with E-state index in [9.17, 15) is 0 Å². The van der Waals surface area contributed by atoms with Crippen LogP contribution in [0.2, 0.25) is 0 Å². The molecule has 0 unspecified atom stereocenters. The fourth-order valence-corrected chi connectivity index (χ4v) is 19.1. The molecule has 12 rings (SSSR count). The van der Waals surface area contributed by atoms with Crippen LogP contribution in [0.1, 0.15) is 389 Å².